The van der Waals surface area contributed by atoms with Gasteiger partial charge in [0.05, 0.1) is 5.69 Å². The van der Waals surface area contributed by atoms with Crippen molar-refractivity contribution in [2.75, 3.05) is 13.6 Å². The Morgan fingerprint density at radius 1 is 1.10 bits per heavy atom. The molecule has 3 rings (SSSR count). The van der Waals surface area contributed by atoms with Crippen LogP contribution in [0, 0.1) is 0 Å². The Bertz CT molecular complexity index is 555. The molecule has 2 aromatic rings. The molecule has 3 heteroatoms. The van der Waals surface area contributed by atoms with Gasteiger partial charge in [-0.1, -0.05) is 30.3 Å². The van der Waals surface area contributed by atoms with Crippen LogP contribution in [0.1, 0.15) is 16.8 Å². The number of fused-ring (bicyclic) bond motifs is 1. The van der Waals surface area contributed by atoms with E-state index in [9.17, 15) is 0 Å². The minimum absolute atomic E-state index is 0.0290. The number of benzene rings is 1. The third-order valence-electron chi connectivity index (χ3n) is 4.47. The molecule has 0 aliphatic heterocycles. The molecule has 1 aliphatic carbocycles. The van der Waals surface area contributed by atoms with Crippen LogP contribution >= 0.6 is 0 Å². The summed E-state index contributed by atoms with van der Waals surface area (Å²) >= 11 is 0. The van der Waals surface area contributed by atoms with Crippen molar-refractivity contribution >= 4 is 0 Å². The van der Waals surface area contributed by atoms with Gasteiger partial charge in [0.25, 0.3) is 0 Å². The van der Waals surface area contributed by atoms with E-state index in [1.807, 2.05) is 18.3 Å². The van der Waals surface area contributed by atoms with Crippen LogP contribution in [-0.4, -0.2) is 29.0 Å². The molecule has 0 saturated heterocycles. The van der Waals surface area contributed by atoms with Crippen LogP contribution in [0.4, 0.5) is 0 Å². The van der Waals surface area contributed by atoms with Gasteiger partial charge in [-0.2, -0.15) is 0 Å². The Kier molecular flexibility index (Phi) is 3.55. The van der Waals surface area contributed by atoms with Crippen LogP contribution in [0.5, 0.6) is 0 Å². The molecule has 0 spiro atoms. The fraction of sp³-hybridized carbons (Fsp3) is 0.353. The lowest BCUT2D eigenvalue weighted by Gasteiger charge is -2.37. The molecule has 3 nitrogen and oxygen atoms in total. The van der Waals surface area contributed by atoms with Gasteiger partial charge in [0.2, 0.25) is 0 Å². The summed E-state index contributed by atoms with van der Waals surface area (Å²) in [5.74, 6) is 0. The van der Waals surface area contributed by atoms with E-state index in [0.29, 0.717) is 6.54 Å². The van der Waals surface area contributed by atoms with E-state index in [1.54, 1.807) is 0 Å². The number of rotatable bonds is 4. The average molecular weight is 267 g/mol. The fourth-order valence-corrected chi connectivity index (χ4v) is 3.15. The molecule has 0 radical (unpaired) electrons. The first-order valence-electron chi connectivity index (χ1n) is 7.11. The van der Waals surface area contributed by atoms with E-state index in [0.717, 1.165) is 25.1 Å². The third kappa shape index (κ3) is 2.35. The van der Waals surface area contributed by atoms with Crippen molar-refractivity contribution in [2.24, 2.45) is 5.73 Å². The van der Waals surface area contributed by atoms with Crippen LogP contribution in [0.15, 0.2) is 48.7 Å². The zero-order chi connectivity index (χ0) is 14.0. The summed E-state index contributed by atoms with van der Waals surface area (Å²) in [4.78, 5) is 6.79. The first-order valence-corrected chi connectivity index (χ1v) is 7.11. The van der Waals surface area contributed by atoms with Gasteiger partial charge in [-0.25, -0.2) is 0 Å². The second kappa shape index (κ2) is 5.35. The van der Waals surface area contributed by atoms with Crippen LogP contribution in [0.3, 0.4) is 0 Å². The molecular formula is C17H21N3. The Balaban J connectivity index is 1.81. The number of hydrogen-bond donors (Lipinski definition) is 1. The molecule has 2 N–H and O–H groups in total. The van der Waals surface area contributed by atoms with Crippen molar-refractivity contribution in [3.63, 3.8) is 0 Å². The summed E-state index contributed by atoms with van der Waals surface area (Å²) in [7, 11) is 2.16. The maximum atomic E-state index is 6.14. The molecule has 0 unspecified atom stereocenters. The van der Waals surface area contributed by atoms with E-state index >= 15 is 0 Å². The Morgan fingerprint density at radius 2 is 1.75 bits per heavy atom. The largest absolute Gasteiger partial charge is 0.329 e. The lowest BCUT2D eigenvalue weighted by molar-refractivity contribution is 0.126. The van der Waals surface area contributed by atoms with Gasteiger partial charge >= 0.3 is 0 Å². The molecule has 1 aliphatic rings. The quantitative estimate of drug-likeness (QED) is 0.921. The number of nitrogens with two attached hydrogens (primary N) is 1. The van der Waals surface area contributed by atoms with Crippen molar-refractivity contribution in [1.29, 1.82) is 0 Å². The van der Waals surface area contributed by atoms with Crippen molar-refractivity contribution in [1.82, 2.24) is 9.88 Å². The highest BCUT2D eigenvalue weighted by Crippen LogP contribution is 2.33. The summed E-state index contributed by atoms with van der Waals surface area (Å²) in [6, 6.07) is 14.7. The number of nitrogens with zero attached hydrogens (tertiary/aromatic N) is 2. The number of aromatic nitrogens is 1. The molecule has 0 saturated carbocycles. The smallest absolute Gasteiger partial charge is 0.0544 e. The summed E-state index contributed by atoms with van der Waals surface area (Å²) < 4.78 is 0. The van der Waals surface area contributed by atoms with E-state index in [-0.39, 0.29) is 5.54 Å². The van der Waals surface area contributed by atoms with Gasteiger partial charge < -0.3 is 5.73 Å². The molecule has 1 aromatic carbocycles. The number of likely N-dealkylation sites (N-methyl/N-ethyl adjacent to an activating group) is 1. The molecule has 104 valence electrons. The van der Waals surface area contributed by atoms with Crippen molar-refractivity contribution in [2.45, 2.75) is 24.9 Å². The average Bonchev–Trinajstić information content (AvgIpc) is 2.88. The molecule has 20 heavy (non-hydrogen) atoms. The monoisotopic (exact) mass is 267 g/mol. The van der Waals surface area contributed by atoms with Crippen molar-refractivity contribution < 1.29 is 0 Å². The standard InChI is InChI=1S/C17H21N3/c1-20(12-16-8-4-5-9-19-16)17(13-18)10-14-6-2-3-7-15(14)11-17/h2-9H,10-13,18H2,1H3. The van der Waals surface area contributed by atoms with Gasteiger partial charge in [0.1, 0.15) is 0 Å². The SMILES string of the molecule is CN(Cc1ccccn1)C1(CN)Cc2ccccc2C1. The molecule has 0 bridgehead atoms. The second-order valence-corrected chi connectivity index (χ2v) is 5.73. The zero-order valence-electron chi connectivity index (χ0n) is 11.9. The predicted octanol–water partition coefficient (Wildman–Crippen LogP) is 2.01. The van der Waals surface area contributed by atoms with Gasteiger partial charge in [-0.15, -0.1) is 0 Å². The van der Waals surface area contributed by atoms with Gasteiger partial charge in [0.15, 0.2) is 0 Å². The molecular weight excluding hydrogens is 246 g/mol. The lowest BCUT2D eigenvalue weighted by atomic mass is 9.93. The minimum Gasteiger partial charge on any atom is -0.329 e. The summed E-state index contributed by atoms with van der Waals surface area (Å²) in [6.07, 6.45) is 3.91. The van der Waals surface area contributed by atoms with E-state index in [1.165, 1.54) is 11.1 Å². The Hall–Kier alpha value is -1.71. The number of hydrogen-bond acceptors (Lipinski definition) is 3. The van der Waals surface area contributed by atoms with Crippen LogP contribution in [-0.2, 0) is 19.4 Å². The van der Waals surface area contributed by atoms with E-state index < -0.39 is 0 Å². The van der Waals surface area contributed by atoms with Gasteiger partial charge in [-0.3, -0.25) is 9.88 Å². The predicted molar refractivity (Wildman–Crippen MR) is 81.3 cm³/mol. The first kappa shape index (κ1) is 13.3. The highest BCUT2D eigenvalue weighted by atomic mass is 15.2. The highest BCUT2D eigenvalue weighted by Gasteiger charge is 2.39. The minimum atomic E-state index is 0.0290. The molecule has 1 heterocycles. The maximum Gasteiger partial charge on any atom is 0.0544 e. The fourth-order valence-electron chi connectivity index (χ4n) is 3.15. The van der Waals surface area contributed by atoms with E-state index in [4.69, 9.17) is 5.73 Å². The van der Waals surface area contributed by atoms with Gasteiger partial charge in [0, 0.05) is 24.8 Å². The lowest BCUT2D eigenvalue weighted by Crippen LogP contribution is -2.52. The Labute approximate surface area is 120 Å². The number of pyridine rings is 1. The second-order valence-electron chi connectivity index (χ2n) is 5.73. The summed E-state index contributed by atoms with van der Waals surface area (Å²) in [6.45, 7) is 1.51. The van der Waals surface area contributed by atoms with Crippen LogP contribution < -0.4 is 5.73 Å². The van der Waals surface area contributed by atoms with Gasteiger partial charge in [-0.05, 0) is 43.1 Å². The maximum absolute atomic E-state index is 6.14. The van der Waals surface area contributed by atoms with Crippen LogP contribution in [0.2, 0.25) is 0 Å². The highest BCUT2D eigenvalue weighted by molar-refractivity contribution is 5.36. The van der Waals surface area contributed by atoms with Crippen molar-refractivity contribution in [3.8, 4) is 0 Å². The molecule has 0 fully saturated rings. The normalized spacial score (nSPS) is 16.4. The van der Waals surface area contributed by atoms with Crippen LogP contribution in [0.25, 0.3) is 0 Å². The van der Waals surface area contributed by atoms with Crippen molar-refractivity contribution in [3.05, 3.63) is 65.5 Å². The summed E-state index contributed by atoms with van der Waals surface area (Å²) in [5, 5.41) is 0. The topological polar surface area (TPSA) is 42.2 Å². The first-order chi connectivity index (χ1) is 9.73. The van der Waals surface area contributed by atoms with E-state index in [2.05, 4.69) is 47.3 Å². The zero-order valence-corrected chi connectivity index (χ0v) is 11.9. The molecule has 0 atom stereocenters. The third-order valence-corrected chi connectivity index (χ3v) is 4.47. The Morgan fingerprint density at radius 3 is 2.30 bits per heavy atom. The molecule has 1 aromatic heterocycles. The molecule has 0 amide bonds. The summed E-state index contributed by atoms with van der Waals surface area (Å²) in [5.41, 5.74) is 10.1.